The number of aromatic amines is 2. The minimum Gasteiger partial charge on any atom is -0.480 e. The summed E-state index contributed by atoms with van der Waals surface area (Å²) < 4.78 is 0. The SMILES string of the molecule is NC(=O)CCC(N)C(=O)NC(CCCN=C(N)N)C(=O)NC(Cc1cnc[nH]1)C(=O)NC(Cc1cnc[nH]1)C(=O)O. The second-order valence-corrected chi connectivity index (χ2v) is 9.14. The number of nitrogens with one attached hydrogen (secondary N) is 5. The first kappa shape index (κ1) is 32.2. The van der Waals surface area contributed by atoms with Crippen molar-refractivity contribution in [3.05, 3.63) is 36.4 Å². The molecule has 0 aromatic carbocycles. The predicted octanol–water partition coefficient (Wildman–Crippen LogP) is -3.90. The van der Waals surface area contributed by atoms with Crippen LogP contribution in [0.3, 0.4) is 0 Å². The van der Waals surface area contributed by atoms with Crippen molar-refractivity contribution >= 4 is 35.6 Å². The molecular weight excluding hydrogens is 540 g/mol. The van der Waals surface area contributed by atoms with Crippen molar-refractivity contribution in [2.45, 2.75) is 62.7 Å². The number of carboxylic acids is 1. The van der Waals surface area contributed by atoms with Crippen molar-refractivity contribution in [1.29, 1.82) is 0 Å². The van der Waals surface area contributed by atoms with Crippen molar-refractivity contribution in [3.8, 4) is 0 Å². The van der Waals surface area contributed by atoms with Gasteiger partial charge in [0.25, 0.3) is 0 Å². The molecule has 0 aliphatic heterocycles. The van der Waals surface area contributed by atoms with Gasteiger partial charge in [-0.05, 0) is 19.3 Å². The fourth-order valence-corrected chi connectivity index (χ4v) is 3.67. The molecule has 18 nitrogen and oxygen atoms in total. The largest absolute Gasteiger partial charge is 0.480 e. The van der Waals surface area contributed by atoms with Gasteiger partial charge in [0.2, 0.25) is 23.6 Å². The number of amides is 4. The van der Waals surface area contributed by atoms with E-state index in [1.54, 1.807) is 0 Å². The third-order valence-corrected chi connectivity index (χ3v) is 5.82. The molecule has 0 bridgehead atoms. The van der Waals surface area contributed by atoms with E-state index in [-0.39, 0.29) is 51.0 Å². The number of aliphatic imine (C=N–C) groups is 1. The summed E-state index contributed by atoms with van der Waals surface area (Å²) >= 11 is 0. The third-order valence-electron chi connectivity index (χ3n) is 5.82. The Labute approximate surface area is 234 Å². The highest BCUT2D eigenvalue weighted by molar-refractivity contribution is 5.94. The first-order valence-corrected chi connectivity index (χ1v) is 12.6. The number of H-pyrrole nitrogens is 2. The number of imidazole rings is 2. The first-order chi connectivity index (χ1) is 19.5. The van der Waals surface area contributed by atoms with Crippen LogP contribution in [0.2, 0.25) is 0 Å². The molecule has 2 aromatic rings. The number of carboxylic acid groups (broad SMARTS) is 1. The lowest BCUT2D eigenvalue weighted by Crippen LogP contribution is -2.58. The average molecular weight is 577 g/mol. The normalized spacial score (nSPS) is 13.7. The van der Waals surface area contributed by atoms with Crippen molar-refractivity contribution in [1.82, 2.24) is 35.9 Å². The molecule has 4 atom stereocenters. The van der Waals surface area contributed by atoms with E-state index in [0.717, 1.165) is 0 Å². The van der Waals surface area contributed by atoms with Crippen molar-refractivity contribution in [2.75, 3.05) is 6.54 Å². The van der Waals surface area contributed by atoms with Gasteiger partial charge in [0, 0.05) is 49.6 Å². The van der Waals surface area contributed by atoms with Gasteiger partial charge in [-0.25, -0.2) is 14.8 Å². The fraction of sp³-hybridized carbons (Fsp3) is 0.478. The van der Waals surface area contributed by atoms with Crippen LogP contribution in [0, 0.1) is 0 Å². The molecule has 2 rings (SSSR count). The van der Waals surface area contributed by atoms with Gasteiger partial charge in [-0.2, -0.15) is 0 Å². The number of hydrogen-bond acceptors (Lipinski definition) is 9. The van der Waals surface area contributed by atoms with Gasteiger partial charge in [0.05, 0.1) is 18.7 Å². The third kappa shape index (κ3) is 11.7. The van der Waals surface area contributed by atoms with E-state index in [0.29, 0.717) is 11.4 Å². The lowest BCUT2D eigenvalue weighted by atomic mass is 10.1. The number of carbonyl (C=O) groups excluding carboxylic acids is 4. The van der Waals surface area contributed by atoms with Crippen LogP contribution in [-0.4, -0.2) is 91.3 Å². The molecule has 0 saturated heterocycles. The van der Waals surface area contributed by atoms with Crippen LogP contribution in [-0.2, 0) is 36.8 Å². The number of guanidine groups is 1. The summed E-state index contributed by atoms with van der Waals surface area (Å²) in [5, 5.41) is 17.2. The molecule has 2 aromatic heterocycles. The smallest absolute Gasteiger partial charge is 0.326 e. The minimum absolute atomic E-state index is 0.0404. The van der Waals surface area contributed by atoms with E-state index in [1.807, 2.05) is 0 Å². The van der Waals surface area contributed by atoms with Crippen LogP contribution in [0.15, 0.2) is 30.0 Å². The standard InChI is InChI=1S/C23H36N12O6/c24-14(3-4-18(25)36)19(37)33-15(2-1-5-30-23(26)27)20(38)34-16(6-12-8-28-10-31-12)21(39)35-17(22(40)41)7-13-9-29-11-32-13/h8-11,14-17H,1-7,24H2,(H2,25,36)(H,28,31)(H,29,32)(H,33,37)(H,34,38)(H,35,39)(H,40,41)(H4,26,27,30). The topological polar surface area (TPSA) is 315 Å². The molecule has 41 heavy (non-hydrogen) atoms. The molecule has 0 aliphatic carbocycles. The Morgan fingerprint density at radius 1 is 0.829 bits per heavy atom. The van der Waals surface area contributed by atoms with Crippen LogP contribution in [0.1, 0.15) is 37.1 Å². The molecule has 14 N–H and O–H groups in total. The Bertz CT molecular complexity index is 1180. The average Bonchev–Trinajstić information content (AvgIpc) is 3.62. The Balaban J connectivity index is 2.20. The molecule has 4 unspecified atom stereocenters. The Morgan fingerprint density at radius 2 is 1.37 bits per heavy atom. The second-order valence-electron chi connectivity index (χ2n) is 9.14. The summed E-state index contributed by atoms with van der Waals surface area (Å²) in [6.07, 6.45) is 5.63. The van der Waals surface area contributed by atoms with Crippen LogP contribution in [0.25, 0.3) is 0 Å². The van der Waals surface area contributed by atoms with Gasteiger partial charge in [-0.15, -0.1) is 0 Å². The summed E-state index contributed by atoms with van der Waals surface area (Å²) in [4.78, 5) is 79.3. The van der Waals surface area contributed by atoms with Crippen LogP contribution in [0.5, 0.6) is 0 Å². The number of primary amides is 1. The maximum atomic E-state index is 13.4. The molecule has 0 aliphatic rings. The molecule has 2 heterocycles. The van der Waals surface area contributed by atoms with Crippen LogP contribution in [0.4, 0.5) is 0 Å². The van der Waals surface area contributed by atoms with Gasteiger partial charge in [0.1, 0.15) is 18.1 Å². The maximum Gasteiger partial charge on any atom is 0.326 e. The highest BCUT2D eigenvalue weighted by atomic mass is 16.4. The zero-order chi connectivity index (χ0) is 30.4. The van der Waals surface area contributed by atoms with Gasteiger partial charge in [-0.3, -0.25) is 24.2 Å². The Kier molecular flexibility index (Phi) is 12.7. The number of rotatable bonds is 18. The molecule has 18 heteroatoms. The number of nitrogens with two attached hydrogens (primary N) is 4. The van der Waals surface area contributed by atoms with Crippen LogP contribution < -0.4 is 38.9 Å². The van der Waals surface area contributed by atoms with Gasteiger partial charge in [0.15, 0.2) is 5.96 Å². The van der Waals surface area contributed by atoms with Crippen molar-refractivity contribution in [3.63, 3.8) is 0 Å². The number of nitrogens with zero attached hydrogens (tertiary/aromatic N) is 3. The van der Waals surface area contributed by atoms with E-state index in [9.17, 15) is 29.1 Å². The predicted molar refractivity (Wildman–Crippen MR) is 144 cm³/mol. The van der Waals surface area contributed by atoms with Gasteiger partial charge >= 0.3 is 5.97 Å². The molecular formula is C23H36N12O6. The Hall–Kier alpha value is -5.00. The summed E-state index contributed by atoms with van der Waals surface area (Å²) in [5.41, 5.74) is 22.6. The minimum atomic E-state index is -1.33. The van der Waals surface area contributed by atoms with E-state index in [2.05, 4.69) is 40.9 Å². The summed E-state index contributed by atoms with van der Waals surface area (Å²) in [7, 11) is 0. The molecule has 0 saturated carbocycles. The maximum absolute atomic E-state index is 13.4. The number of aromatic nitrogens is 4. The molecule has 0 spiro atoms. The lowest BCUT2D eigenvalue weighted by Gasteiger charge is -2.25. The fourth-order valence-electron chi connectivity index (χ4n) is 3.67. The van der Waals surface area contributed by atoms with Crippen molar-refractivity contribution < 1.29 is 29.1 Å². The second kappa shape index (κ2) is 16.2. The van der Waals surface area contributed by atoms with Gasteiger partial charge in [-0.1, -0.05) is 0 Å². The number of aliphatic carboxylic acids is 1. The highest BCUT2D eigenvalue weighted by Gasteiger charge is 2.31. The molecule has 0 radical (unpaired) electrons. The number of hydrogen-bond donors (Lipinski definition) is 10. The highest BCUT2D eigenvalue weighted by Crippen LogP contribution is 2.06. The summed E-state index contributed by atoms with van der Waals surface area (Å²) in [6.45, 7) is 0.154. The molecule has 0 fully saturated rings. The lowest BCUT2D eigenvalue weighted by molar-refractivity contribution is -0.142. The quantitative estimate of drug-likeness (QED) is 0.0464. The first-order valence-electron chi connectivity index (χ1n) is 12.6. The van der Waals surface area contributed by atoms with E-state index >= 15 is 0 Å². The monoisotopic (exact) mass is 576 g/mol. The van der Waals surface area contributed by atoms with Crippen molar-refractivity contribution in [2.24, 2.45) is 27.9 Å². The van der Waals surface area contributed by atoms with E-state index < -0.39 is 53.8 Å². The summed E-state index contributed by atoms with van der Waals surface area (Å²) in [6, 6.07) is -4.89. The van der Waals surface area contributed by atoms with E-state index in [4.69, 9.17) is 22.9 Å². The van der Waals surface area contributed by atoms with Crippen LogP contribution >= 0.6 is 0 Å². The van der Waals surface area contributed by atoms with Gasteiger partial charge < -0.3 is 54.0 Å². The van der Waals surface area contributed by atoms with E-state index in [1.165, 1.54) is 25.0 Å². The molecule has 224 valence electrons. The zero-order valence-corrected chi connectivity index (χ0v) is 22.2. The molecule has 4 amide bonds. The summed E-state index contributed by atoms with van der Waals surface area (Å²) in [5.74, 6) is -4.33. The zero-order valence-electron chi connectivity index (χ0n) is 22.2. The Morgan fingerprint density at radius 3 is 1.88 bits per heavy atom. The number of carbonyl (C=O) groups is 5.